The van der Waals surface area contributed by atoms with Crippen molar-refractivity contribution in [3.8, 4) is 44.5 Å². The van der Waals surface area contributed by atoms with E-state index in [0.717, 1.165) is 17.1 Å². The van der Waals surface area contributed by atoms with E-state index in [1.165, 1.54) is 110 Å². The average molecular weight is 772 g/mol. The fourth-order valence-electron chi connectivity index (χ4n) is 10.2. The molecule has 1 heteroatoms. The highest BCUT2D eigenvalue weighted by atomic mass is 15.1. The second kappa shape index (κ2) is 13.3. The van der Waals surface area contributed by atoms with Crippen LogP contribution in [0.15, 0.2) is 188 Å². The third kappa shape index (κ3) is 5.34. The van der Waals surface area contributed by atoms with E-state index in [4.69, 9.17) is 0 Å². The average Bonchev–Trinajstić information content (AvgIpc) is 4.07. The Morgan fingerprint density at radius 1 is 0.230 bits per heavy atom. The van der Waals surface area contributed by atoms with E-state index in [9.17, 15) is 0 Å². The summed E-state index contributed by atoms with van der Waals surface area (Å²) >= 11 is 0. The van der Waals surface area contributed by atoms with Crippen LogP contribution < -0.4 is 4.90 Å². The van der Waals surface area contributed by atoms with Crippen molar-refractivity contribution in [3.05, 3.63) is 221 Å². The Kier molecular flexibility index (Phi) is 7.37. The predicted molar refractivity (Wildman–Crippen MR) is 262 cm³/mol. The van der Waals surface area contributed by atoms with Crippen molar-refractivity contribution in [2.24, 2.45) is 0 Å². The molecule has 3 aliphatic carbocycles. The van der Waals surface area contributed by atoms with E-state index < -0.39 is 0 Å². The highest BCUT2D eigenvalue weighted by molar-refractivity contribution is 6.13. The number of anilines is 3. The molecule has 0 bridgehead atoms. The van der Waals surface area contributed by atoms with Gasteiger partial charge in [-0.25, -0.2) is 0 Å². The van der Waals surface area contributed by atoms with Gasteiger partial charge in [-0.05, 0) is 159 Å². The van der Waals surface area contributed by atoms with Crippen LogP contribution in [0.4, 0.5) is 17.1 Å². The molecule has 0 atom stereocenters. The number of rotatable bonds is 7. The van der Waals surface area contributed by atoms with Crippen LogP contribution in [0, 0.1) is 0 Å². The van der Waals surface area contributed by atoms with Crippen LogP contribution in [-0.2, 0) is 0 Å². The van der Waals surface area contributed by atoms with Crippen molar-refractivity contribution in [3.63, 3.8) is 0 Å². The Bertz CT molecular complexity index is 3360. The summed E-state index contributed by atoms with van der Waals surface area (Å²) in [6, 6.07) is 69.7. The molecule has 1 nitrogen and oxygen atoms in total. The summed E-state index contributed by atoms with van der Waals surface area (Å²) in [5.74, 6) is 0. The summed E-state index contributed by atoms with van der Waals surface area (Å²) in [6.45, 7) is 0. The van der Waals surface area contributed by atoms with Gasteiger partial charge in [-0.1, -0.05) is 176 Å². The van der Waals surface area contributed by atoms with Crippen molar-refractivity contribution in [2.45, 2.75) is 0 Å². The summed E-state index contributed by atoms with van der Waals surface area (Å²) in [6.07, 6.45) is 13.4. The zero-order valence-electron chi connectivity index (χ0n) is 33.3. The maximum absolute atomic E-state index is 2.38. The molecule has 61 heavy (non-hydrogen) atoms. The summed E-state index contributed by atoms with van der Waals surface area (Å²) in [7, 11) is 0. The zero-order chi connectivity index (χ0) is 40.0. The van der Waals surface area contributed by atoms with Gasteiger partial charge < -0.3 is 4.90 Å². The first-order valence-electron chi connectivity index (χ1n) is 21.2. The first-order chi connectivity index (χ1) is 30.2. The van der Waals surface area contributed by atoms with Crippen LogP contribution in [0.3, 0.4) is 0 Å². The fourth-order valence-corrected chi connectivity index (χ4v) is 10.2. The van der Waals surface area contributed by atoms with Crippen LogP contribution in [0.2, 0.25) is 0 Å². The van der Waals surface area contributed by atoms with Gasteiger partial charge >= 0.3 is 0 Å². The number of nitrogens with zero attached hydrogens (tertiary/aromatic N) is 1. The maximum Gasteiger partial charge on any atom is 0.0462 e. The molecule has 0 aliphatic heterocycles. The molecular formula is C60H37N. The van der Waals surface area contributed by atoms with E-state index >= 15 is 0 Å². The molecule has 0 aromatic heterocycles. The van der Waals surface area contributed by atoms with E-state index in [0.29, 0.717) is 0 Å². The van der Waals surface area contributed by atoms with Crippen molar-refractivity contribution in [2.75, 3.05) is 4.90 Å². The third-order valence-corrected chi connectivity index (χ3v) is 13.1. The van der Waals surface area contributed by atoms with Crippen molar-refractivity contribution in [1.29, 1.82) is 0 Å². The van der Waals surface area contributed by atoms with Gasteiger partial charge in [0, 0.05) is 17.1 Å². The van der Waals surface area contributed by atoms with Gasteiger partial charge in [0.05, 0.1) is 0 Å². The molecule has 0 saturated carbocycles. The van der Waals surface area contributed by atoms with Crippen LogP contribution >= 0.6 is 0 Å². The topological polar surface area (TPSA) is 3.24 Å². The van der Waals surface area contributed by atoms with E-state index in [1.54, 1.807) is 0 Å². The molecular weight excluding hydrogens is 735 g/mol. The van der Waals surface area contributed by atoms with Gasteiger partial charge in [0.1, 0.15) is 0 Å². The SMILES string of the molecule is C1=Cc2ccc(-c3ccc(N(c4ccc(-c5cc6c7c(ccc(-c8ccccc8)c7c5)C=C6)cc4)c4ccc(-c5ccc6c7c(cccc57)C=C6)cc4)cc3)c3cccc1c23. The van der Waals surface area contributed by atoms with Crippen LogP contribution in [0.1, 0.15) is 33.4 Å². The highest BCUT2D eigenvalue weighted by Crippen LogP contribution is 2.44. The number of hydrogen-bond donors (Lipinski definition) is 0. The van der Waals surface area contributed by atoms with E-state index in [1.807, 2.05) is 0 Å². The van der Waals surface area contributed by atoms with Gasteiger partial charge in [0.2, 0.25) is 0 Å². The van der Waals surface area contributed by atoms with Crippen LogP contribution in [0.25, 0.3) is 113 Å². The normalized spacial score (nSPS) is 12.7. The van der Waals surface area contributed by atoms with Crippen LogP contribution in [0.5, 0.6) is 0 Å². The molecule has 0 N–H and O–H groups in total. The lowest BCUT2D eigenvalue weighted by atomic mass is 9.91. The van der Waals surface area contributed by atoms with Gasteiger partial charge in [0.25, 0.3) is 0 Å². The highest BCUT2D eigenvalue weighted by Gasteiger charge is 2.19. The third-order valence-electron chi connectivity index (χ3n) is 13.1. The minimum Gasteiger partial charge on any atom is -0.311 e. The van der Waals surface area contributed by atoms with Gasteiger partial charge in [-0.2, -0.15) is 0 Å². The molecule has 10 aromatic rings. The van der Waals surface area contributed by atoms with Gasteiger partial charge in [0.15, 0.2) is 0 Å². The minimum absolute atomic E-state index is 1.11. The van der Waals surface area contributed by atoms with Crippen molar-refractivity contribution in [1.82, 2.24) is 0 Å². The van der Waals surface area contributed by atoms with Gasteiger partial charge in [-0.3, -0.25) is 0 Å². The largest absolute Gasteiger partial charge is 0.311 e. The molecule has 3 aliphatic rings. The number of hydrogen-bond acceptors (Lipinski definition) is 1. The summed E-state index contributed by atoms with van der Waals surface area (Å²) in [5.41, 5.74) is 20.9. The lowest BCUT2D eigenvalue weighted by molar-refractivity contribution is 1.28. The Balaban J connectivity index is 0.907. The molecule has 0 unspecified atom stereocenters. The fraction of sp³-hybridized carbons (Fsp3) is 0. The van der Waals surface area contributed by atoms with Gasteiger partial charge in [-0.15, -0.1) is 0 Å². The smallest absolute Gasteiger partial charge is 0.0462 e. The molecule has 0 heterocycles. The molecule has 10 aromatic carbocycles. The zero-order valence-corrected chi connectivity index (χ0v) is 33.3. The quantitative estimate of drug-likeness (QED) is 0.156. The maximum atomic E-state index is 2.38. The summed E-state index contributed by atoms with van der Waals surface area (Å²) in [5, 5.41) is 7.90. The first kappa shape index (κ1) is 33.9. The van der Waals surface area contributed by atoms with Crippen molar-refractivity contribution >= 4 is 85.8 Å². The molecule has 0 spiro atoms. The monoisotopic (exact) mass is 771 g/mol. The van der Waals surface area contributed by atoms with Crippen molar-refractivity contribution < 1.29 is 0 Å². The molecule has 0 fully saturated rings. The Hall–Kier alpha value is -8.00. The summed E-state index contributed by atoms with van der Waals surface area (Å²) < 4.78 is 0. The lowest BCUT2D eigenvalue weighted by Gasteiger charge is -2.26. The van der Waals surface area contributed by atoms with Crippen LogP contribution in [-0.4, -0.2) is 0 Å². The Labute approximate surface area is 355 Å². The molecule has 0 saturated heterocycles. The lowest BCUT2D eigenvalue weighted by Crippen LogP contribution is -2.09. The molecule has 0 amide bonds. The Morgan fingerprint density at radius 3 is 1.11 bits per heavy atom. The first-order valence-corrected chi connectivity index (χ1v) is 21.2. The molecule has 282 valence electrons. The molecule has 13 rings (SSSR count). The Morgan fingerprint density at radius 2 is 0.623 bits per heavy atom. The standard InChI is InChI=1S/C60H37N/c1-2-6-39(7-3-1)54-35-26-46-16-17-47-36-48(37-57(54)60(46)47)38-18-27-49(28-19-38)61(50-29-20-40(21-30-50)52-33-24-44-14-12-42-8-4-10-55(52)58(42)44)51-31-22-41(23-32-51)53-34-25-45-15-13-43-9-5-11-56(53)59(43)45/h1-37H. The van der Waals surface area contributed by atoms with E-state index in [-0.39, 0.29) is 0 Å². The molecule has 0 radical (unpaired) electrons. The predicted octanol–water partition coefficient (Wildman–Crippen LogP) is 16.7. The summed E-state index contributed by atoms with van der Waals surface area (Å²) in [4.78, 5) is 2.38. The second-order valence-electron chi connectivity index (χ2n) is 16.5. The number of benzene rings is 10. The van der Waals surface area contributed by atoms with E-state index in [2.05, 4.69) is 229 Å². The minimum atomic E-state index is 1.11. The second-order valence-corrected chi connectivity index (χ2v) is 16.5.